The summed E-state index contributed by atoms with van der Waals surface area (Å²) in [7, 11) is 0. The summed E-state index contributed by atoms with van der Waals surface area (Å²) in [5.74, 6) is -0.725. The van der Waals surface area contributed by atoms with E-state index in [9.17, 15) is 9.18 Å². The van der Waals surface area contributed by atoms with E-state index in [4.69, 9.17) is 10.9 Å². The summed E-state index contributed by atoms with van der Waals surface area (Å²) in [6.45, 7) is 2.25. The maximum absolute atomic E-state index is 13.8. The Morgan fingerprint density at radius 3 is 2.76 bits per heavy atom. The Hall–Kier alpha value is -2.11. The van der Waals surface area contributed by atoms with Crippen LogP contribution in [0.5, 0.6) is 0 Å². The van der Waals surface area contributed by atoms with E-state index in [-0.39, 0.29) is 18.3 Å². The van der Waals surface area contributed by atoms with Gasteiger partial charge in [0.2, 0.25) is 5.91 Å². The molecule has 1 aromatic carbocycles. The third-order valence-electron chi connectivity index (χ3n) is 3.19. The lowest BCUT2D eigenvalue weighted by molar-refractivity contribution is -0.121. The van der Waals surface area contributed by atoms with Gasteiger partial charge in [-0.2, -0.15) is 0 Å². The third kappa shape index (κ3) is 5.81. The highest BCUT2D eigenvalue weighted by Crippen LogP contribution is 2.11. The first-order valence-electron chi connectivity index (χ1n) is 7.11. The smallest absolute Gasteiger partial charge is 0.220 e. The average Bonchev–Trinajstić information content (AvgIpc) is 2.49. The van der Waals surface area contributed by atoms with E-state index in [1.807, 2.05) is 0 Å². The van der Waals surface area contributed by atoms with Crippen LogP contribution < -0.4 is 11.1 Å². The molecular formula is C15H22FN3O2. The summed E-state index contributed by atoms with van der Waals surface area (Å²) < 4.78 is 13.8. The number of amidine groups is 1. The van der Waals surface area contributed by atoms with Crippen molar-refractivity contribution >= 4 is 11.7 Å². The predicted molar refractivity (Wildman–Crippen MR) is 79.5 cm³/mol. The second-order valence-electron chi connectivity index (χ2n) is 4.88. The minimum absolute atomic E-state index is 0.0778. The van der Waals surface area contributed by atoms with Crippen LogP contribution in [0.2, 0.25) is 0 Å². The van der Waals surface area contributed by atoms with Gasteiger partial charge in [-0.1, -0.05) is 43.5 Å². The number of amides is 1. The molecule has 0 heterocycles. The number of rotatable bonds is 8. The van der Waals surface area contributed by atoms with Crippen molar-refractivity contribution in [2.45, 2.75) is 45.6 Å². The number of hydrogen-bond acceptors (Lipinski definition) is 3. The topological polar surface area (TPSA) is 87.7 Å². The van der Waals surface area contributed by atoms with Crippen molar-refractivity contribution < 1.29 is 14.4 Å². The van der Waals surface area contributed by atoms with Crippen LogP contribution in [0.1, 0.15) is 50.2 Å². The Bertz CT molecular complexity index is 504. The number of nitrogens with zero attached hydrogens (tertiary/aromatic N) is 1. The summed E-state index contributed by atoms with van der Waals surface area (Å²) in [6, 6.07) is 4.23. The van der Waals surface area contributed by atoms with Gasteiger partial charge in [0.25, 0.3) is 0 Å². The molecule has 0 spiro atoms. The molecule has 0 bridgehead atoms. The molecule has 0 saturated carbocycles. The number of benzene rings is 1. The molecule has 0 aliphatic rings. The molecule has 0 atom stereocenters. The van der Waals surface area contributed by atoms with Gasteiger partial charge in [0.15, 0.2) is 5.84 Å². The second-order valence-corrected chi connectivity index (χ2v) is 4.88. The zero-order valence-corrected chi connectivity index (χ0v) is 12.2. The Labute approximate surface area is 124 Å². The average molecular weight is 295 g/mol. The Morgan fingerprint density at radius 1 is 1.38 bits per heavy atom. The molecule has 1 amide bonds. The van der Waals surface area contributed by atoms with E-state index in [1.165, 1.54) is 12.1 Å². The van der Waals surface area contributed by atoms with E-state index in [0.29, 0.717) is 17.5 Å². The van der Waals surface area contributed by atoms with Crippen molar-refractivity contribution in [1.29, 1.82) is 0 Å². The second kappa shape index (κ2) is 8.94. The van der Waals surface area contributed by atoms with E-state index in [2.05, 4.69) is 17.4 Å². The van der Waals surface area contributed by atoms with E-state index in [1.54, 1.807) is 6.07 Å². The van der Waals surface area contributed by atoms with Gasteiger partial charge in [0, 0.05) is 24.1 Å². The van der Waals surface area contributed by atoms with Crippen LogP contribution in [0.15, 0.2) is 23.4 Å². The number of halogens is 1. The van der Waals surface area contributed by atoms with Gasteiger partial charge in [-0.25, -0.2) is 4.39 Å². The summed E-state index contributed by atoms with van der Waals surface area (Å²) in [5.41, 5.74) is 6.04. The SMILES string of the molecule is CCCCCCC(=O)NCc1ccc(/C(N)=N/O)cc1F. The maximum Gasteiger partial charge on any atom is 0.220 e. The van der Waals surface area contributed by atoms with E-state index < -0.39 is 5.82 Å². The van der Waals surface area contributed by atoms with Crippen molar-refractivity contribution in [3.63, 3.8) is 0 Å². The van der Waals surface area contributed by atoms with Crippen LogP contribution in [0, 0.1) is 5.82 Å². The minimum Gasteiger partial charge on any atom is -0.409 e. The van der Waals surface area contributed by atoms with Gasteiger partial charge in [-0.3, -0.25) is 4.79 Å². The molecule has 116 valence electrons. The fourth-order valence-electron chi connectivity index (χ4n) is 1.90. The standard InChI is InChI=1S/C15H22FN3O2/c1-2-3-4-5-6-14(20)18-10-12-8-7-11(9-13(12)16)15(17)19-21/h7-9,21H,2-6,10H2,1H3,(H2,17,19)(H,18,20). The van der Waals surface area contributed by atoms with Crippen molar-refractivity contribution in [3.8, 4) is 0 Å². The molecule has 0 fully saturated rings. The van der Waals surface area contributed by atoms with Crippen LogP contribution in [0.25, 0.3) is 0 Å². The fraction of sp³-hybridized carbons (Fsp3) is 0.467. The first kappa shape index (κ1) is 16.9. The monoisotopic (exact) mass is 295 g/mol. The zero-order valence-electron chi connectivity index (χ0n) is 12.2. The van der Waals surface area contributed by atoms with Crippen LogP contribution in [0.3, 0.4) is 0 Å². The fourth-order valence-corrected chi connectivity index (χ4v) is 1.90. The first-order chi connectivity index (χ1) is 10.1. The number of carbonyl (C=O) groups is 1. The van der Waals surface area contributed by atoms with Gasteiger partial charge in [0.1, 0.15) is 5.82 Å². The maximum atomic E-state index is 13.8. The lowest BCUT2D eigenvalue weighted by atomic mass is 10.1. The normalized spacial score (nSPS) is 11.4. The molecule has 0 aliphatic carbocycles. The Kier molecular flexibility index (Phi) is 7.21. The van der Waals surface area contributed by atoms with Gasteiger partial charge < -0.3 is 16.3 Å². The molecule has 5 nitrogen and oxygen atoms in total. The summed E-state index contributed by atoms with van der Waals surface area (Å²) in [5, 5.41) is 14.0. The highest BCUT2D eigenvalue weighted by atomic mass is 19.1. The number of nitrogens with two attached hydrogens (primary N) is 1. The Morgan fingerprint density at radius 2 is 2.14 bits per heavy atom. The van der Waals surface area contributed by atoms with Gasteiger partial charge >= 0.3 is 0 Å². The molecule has 0 radical (unpaired) electrons. The molecule has 0 aromatic heterocycles. The van der Waals surface area contributed by atoms with Crippen LogP contribution in [0.4, 0.5) is 4.39 Å². The number of unbranched alkanes of at least 4 members (excludes halogenated alkanes) is 3. The molecule has 1 aromatic rings. The highest BCUT2D eigenvalue weighted by Gasteiger charge is 2.08. The minimum atomic E-state index is -0.495. The van der Waals surface area contributed by atoms with Crippen LogP contribution >= 0.6 is 0 Å². The number of nitrogens with one attached hydrogen (secondary N) is 1. The zero-order chi connectivity index (χ0) is 15.7. The third-order valence-corrected chi connectivity index (χ3v) is 3.19. The molecule has 6 heteroatoms. The van der Waals surface area contributed by atoms with Gasteiger partial charge in [-0.15, -0.1) is 0 Å². The van der Waals surface area contributed by atoms with Crippen LogP contribution in [-0.4, -0.2) is 17.0 Å². The van der Waals surface area contributed by atoms with Crippen molar-refractivity contribution in [2.75, 3.05) is 0 Å². The number of hydrogen-bond donors (Lipinski definition) is 3. The first-order valence-corrected chi connectivity index (χ1v) is 7.11. The summed E-state index contributed by atoms with van der Waals surface area (Å²) in [4.78, 5) is 11.6. The molecule has 1 rings (SSSR count). The molecule has 4 N–H and O–H groups in total. The molecule has 0 saturated heterocycles. The summed E-state index contributed by atoms with van der Waals surface area (Å²) in [6.07, 6.45) is 4.60. The van der Waals surface area contributed by atoms with E-state index >= 15 is 0 Å². The lowest BCUT2D eigenvalue weighted by Gasteiger charge is -2.07. The number of carbonyl (C=O) groups excluding carboxylic acids is 1. The molecule has 0 unspecified atom stereocenters. The number of oxime groups is 1. The quantitative estimate of drug-likeness (QED) is 0.226. The molecule has 0 aliphatic heterocycles. The summed E-state index contributed by atoms with van der Waals surface area (Å²) >= 11 is 0. The molecule has 21 heavy (non-hydrogen) atoms. The van der Waals surface area contributed by atoms with Crippen molar-refractivity contribution in [3.05, 3.63) is 35.1 Å². The largest absolute Gasteiger partial charge is 0.409 e. The van der Waals surface area contributed by atoms with Crippen molar-refractivity contribution in [1.82, 2.24) is 5.32 Å². The molecular weight excluding hydrogens is 273 g/mol. The van der Waals surface area contributed by atoms with Gasteiger partial charge in [0.05, 0.1) is 0 Å². The van der Waals surface area contributed by atoms with Crippen LogP contribution in [-0.2, 0) is 11.3 Å². The highest BCUT2D eigenvalue weighted by molar-refractivity contribution is 5.97. The van der Waals surface area contributed by atoms with Gasteiger partial charge in [-0.05, 0) is 12.5 Å². The Balaban J connectivity index is 2.47. The lowest BCUT2D eigenvalue weighted by Crippen LogP contribution is -2.23. The van der Waals surface area contributed by atoms with E-state index in [0.717, 1.165) is 25.7 Å². The predicted octanol–water partition coefficient (Wildman–Crippen LogP) is 2.51. The van der Waals surface area contributed by atoms with Crippen molar-refractivity contribution in [2.24, 2.45) is 10.9 Å².